The van der Waals surface area contributed by atoms with Gasteiger partial charge in [0.2, 0.25) is 5.91 Å². The second-order valence-corrected chi connectivity index (χ2v) is 5.70. The van der Waals surface area contributed by atoms with Crippen molar-refractivity contribution in [1.29, 1.82) is 0 Å². The van der Waals surface area contributed by atoms with Crippen molar-refractivity contribution in [2.75, 3.05) is 40.3 Å². The summed E-state index contributed by atoms with van der Waals surface area (Å²) in [5.74, 6) is 0.312. The highest BCUT2D eigenvalue weighted by Crippen LogP contribution is 2.18. The first kappa shape index (κ1) is 12.8. The molecule has 4 heteroatoms. The molecule has 2 atom stereocenters. The molecule has 0 unspecified atom stereocenters. The standard InChI is InChI=1S/C13H25N3O/c1-11-5-4-7-16(11)13(17)10-15(3)12-6-8-14(2)9-12/h11-12H,4-10H2,1-3H3/t11-,12-/m1/s1. The van der Waals surface area contributed by atoms with Gasteiger partial charge in [-0.1, -0.05) is 0 Å². The summed E-state index contributed by atoms with van der Waals surface area (Å²) in [6.07, 6.45) is 3.53. The van der Waals surface area contributed by atoms with Crippen LogP contribution in [0.4, 0.5) is 0 Å². The number of carbonyl (C=O) groups is 1. The Hall–Kier alpha value is -0.610. The summed E-state index contributed by atoms with van der Waals surface area (Å²) in [7, 11) is 4.24. The average Bonchev–Trinajstić information content (AvgIpc) is 2.86. The molecule has 0 aliphatic carbocycles. The van der Waals surface area contributed by atoms with Crippen LogP contribution in [-0.4, -0.2) is 73.0 Å². The average molecular weight is 239 g/mol. The summed E-state index contributed by atoms with van der Waals surface area (Å²) >= 11 is 0. The second kappa shape index (κ2) is 5.36. The Morgan fingerprint density at radius 1 is 1.35 bits per heavy atom. The third-order valence-corrected chi connectivity index (χ3v) is 4.25. The van der Waals surface area contributed by atoms with Gasteiger partial charge in [0.15, 0.2) is 0 Å². The van der Waals surface area contributed by atoms with Gasteiger partial charge in [0.05, 0.1) is 6.54 Å². The van der Waals surface area contributed by atoms with Crippen LogP contribution in [0.2, 0.25) is 0 Å². The van der Waals surface area contributed by atoms with E-state index < -0.39 is 0 Å². The first-order chi connectivity index (χ1) is 8.08. The Morgan fingerprint density at radius 2 is 2.12 bits per heavy atom. The SMILES string of the molecule is C[C@@H]1CCCN1C(=O)CN(C)[C@@H]1CCN(C)C1. The van der Waals surface area contributed by atoms with E-state index in [0.717, 1.165) is 19.6 Å². The van der Waals surface area contributed by atoms with E-state index in [0.29, 0.717) is 24.5 Å². The number of rotatable bonds is 3. The van der Waals surface area contributed by atoms with Crippen LogP contribution in [0.1, 0.15) is 26.2 Å². The fraction of sp³-hybridized carbons (Fsp3) is 0.923. The van der Waals surface area contributed by atoms with Gasteiger partial charge in [-0.15, -0.1) is 0 Å². The van der Waals surface area contributed by atoms with Crippen molar-refractivity contribution in [3.05, 3.63) is 0 Å². The maximum atomic E-state index is 12.2. The molecule has 0 bridgehead atoms. The molecule has 2 aliphatic rings. The van der Waals surface area contributed by atoms with E-state index in [9.17, 15) is 4.79 Å². The van der Waals surface area contributed by atoms with Crippen molar-refractivity contribution in [1.82, 2.24) is 14.7 Å². The van der Waals surface area contributed by atoms with Gasteiger partial charge in [-0.05, 0) is 46.8 Å². The topological polar surface area (TPSA) is 26.8 Å². The lowest BCUT2D eigenvalue weighted by Gasteiger charge is -2.28. The predicted octanol–water partition coefficient (Wildman–Crippen LogP) is 0.633. The molecule has 0 aromatic carbocycles. The molecule has 1 amide bonds. The van der Waals surface area contributed by atoms with Gasteiger partial charge in [-0.2, -0.15) is 0 Å². The summed E-state index contributed by atoms with van der Waals surface area (Å²) in [6.45, 7) is 5.96. The van der Waals surface area contributed by atoms with Crippen molar-refractivity contribution < 1.29 is 4.79 Å². The monoisotopic (exact) mass is 239 g/mol. The summed E-state index contributed by atoms with van der Waals surface area (Å²) in [5, 5.41) is 0. The van der Waals surface area contributed by atoms with Crippen LogP contribution in [0, 0.1) is 0 Å². The number of nitrogens with zero attached hydrogens (tertiary/aromatic N) is 3. The van der Waals surface area contributed by atoms with Crippen molar-refractivity contribution >= 4 is 5.91 Å². The highest BCUT2D eigenvalue weighted by atomic mass is 16.2. The first-order valence-corrected chi connectivity index (χ1v) is 6.76. The highest BCUT2D eigenvalue weighted by molar-refractivity contribution is 5.78. The van der Waals surface area contributed by atoms with Crippen LogP contribution >= 0.6 is 0 Å². The van der Waals surface area contributed by atoms with Crippen molar-refractivity contribution in [2.24, 2.45) is 0 Å². The molecular formula is C13H25N3O. The molecular weight excluding hydrogens is 214 g/mol. The van der Waals surface area contributed by atoms with Gasteiger partial charge in [-0.3, -0.25) is 9.69 Å². The van der Waals surface area contributed by atoms with E-state index >= 15 is 0 Å². The quantitative estimate of drug-likeness (QED) is 0.723. The van der Waals surface area contributed by atoms with Crippen LogP contribution in [-0.2, 0) is 4.79 Å². The fourth-order valence-corrected chi connectivity index (χ4v) is 3.01. The minimum atomic E-state index is 0.312. The number of likely N-dealkylation sites (tertiary alicyclic amines) is 2. The number of likely N-dealkylation sites (N-methyl/N-ethyl adjacent to an activating group) is 2. The molecule has 0 spiro atoms. The molecule has 0 aromatic rings. The molecule has 2 heterocycles. The maximum Gasteiger partial charge on any atom is 0.236 e. The number of hydrogen-bond acceptors (Lipinski definition) is 3. The Labute approximate surface area is 105 Å². The summed E-state index contributed by atoms with van der Waals surface area (Å²) < 4.78 is 0. The zero-order valence-electron chi connectivity index (χ0n) is 11.4. The normalized spacial score (nSPS) is 30.5. The smallest absolute Gasteiger partial charge is 0.236 e. The van der Waals surface area contributed by atoms with E-state index in [-0.39, 0.29) is 0 Å². The molecule has 17 heavy (non-hydrogen) atoms. The summed E-state index contributed by atoms with van der Waals surface area (Å²) in [4.78, 5) is 18.8. The first-order valence-electron chi connectivity index (χ1n) is 6.76. The highest BCUT2D eigenvalue weighted by Gasteiger charge is 2.29. The van der Waals surface area contributed by atoms with Gasteiger partial charge in [0.1, 0.15) is 0 Å². The van der Waals surface area contributed by atoms with E-state index in [1.165, 1.54) is 19.3 Å². The molecule has 2 saturated heterocycles. The Balaban J connectivity index is 1.81. The molecule has 98 valence electrons. The van der Waals surface area contributed by atoms with E-state index in [2.05, 4.69) is 35.7 Å². The van der Waals surface area contributed by atoms with Gasteiger partial charge < -0.3 is 9.80 Å². The van der Waals surface area contributed by atoms with Crippen molar-refractivity contribution in [2.45, 2.75) is 38.3 Å². The third kappa shape index (κ3) is 2.99. The van der Waals surface area contributed by atoms with Crippen LogP contribution in [0.5, 0.6) is 0 Å². The number of carbonyl (C=O) groups excluding carboxylic acids is 1. The molecule has 0 aromatic heterocycles. The molecule has 0 N–H and O–H groups in total. The Morgan fingerprint density at radius 3 is 2.65 bits per heavy atom. The number of hydrogen-bond donors (Lipinski definition) is 0. The lowest BCUT2D eigenvalue weighted by atomic mass is 10.2. The molecule has 2 fully saturated rings. The van der Waals surface area contributed by atoms with Crippen LogP contribution < -0.4 is 0 Å². The van der Waals surface area contributed by atoms with Gasteiger partial charge >= 0.3 is 0 Å². The van der Waals surface area contributed by atoms with Gasteiger partial charge in [0, 0.05) is 25.2 Å². The van der Waals surface area contributed by atoms with Gasteiger partial charge in [0.25, 0.3) is 0 Å². The second-order valence-electron chi connectivity index (χ2n) is 5.70. The fourth-order valence-electron chi connectivity index (χ4n) is 3.01. The Bertz CT molecular complexity index is 282. The molecule has 2 aliphatic heterocycles. The largest absolute Gasteiger partial charge is 0.339 e. The zero-order valence-corrected chi connectivity index (χ0v) is 11.4. The lowest BCUT2D eigenvalue weighted by Crippen LogP contribution is -2.44. The zero-order chi connectivity index (χ0) is 12.4. The third-order valence-electron chi connectivity index (χ3n) is 4.25. The Kier molecular flexibility index (Phi) is 4.05. The maximum absolute atomic E-state index is 12.2. The minimum Gasteiger partial charge on any atom is -0.339 e. The minimum absolute atomic E-state index is 0.312. The van der Waals surface area contributed by atoms with Crippen molar-refractivity contribution in [3.63, 3.8) is 0 Å². The van der Waals surface area contributed by atoms with Crippen molar-refractivity contribution in [3.8, 4) is 0 Å². The predicted molar refractivity (Wildman–Crippen MR) is 68.9 cm³/mol. The summed E-state index contributed by atoms with van der Waals surface area (Å²) in [6, 6.07) is 1.00. The number of amides is 1. The van der Waals surface area contributed by atoms with Crippen LogP contribution in [0.15, 0.2) is 0 Å². The van der Waals surface area contributed by atoms with E-state index in [1.54, 1.807) is 0 Å². The van der Waals surface area contributed by atoms with E-state index in [1.807, 2.05) is 0 Å². The molecule has 4 nitrogen and oxygen atoms in total. The van der Waals surface area contributed by atoms with Crippen LogP contribution in [0.3, 0.4) is 0 Å². The lowest BCUT2D eigenvalue weighted by molar-refractivity contribution is -0.133. The van der Waals surface area contributed by atoms with Gasteiger partial charge in [-0.25, -0.2) is 0 Å². The molecule has 0 saturated carbocycles. The molecule has 0 radical (unpaired) electrons. The van der Waals surface area contributed by atoms with Crippen LogP contribution in [0.25, 0.3) is 0 Å². The summed E-state index contributed by atoms with van der Waals surface area (Å²) in [5.41, 5.74) is 0. The molecule has 2 rings (SSSR count). The van der Waals surface area contributed by atoms with E-state index in [4.69, 9.17) is 0 Å².